The molecule has 2 aromatic carbocycles. The third kappa shape index (κ3) is 12.4. The second kappa shape index (κ2) is 22.0. The minimum atomic E-state index is -0.0189. The molecule has 0 aliphatic rings. The van der Waals surface area contributed by atoms with Gasteiger partial charge in [-0.1, -0.05) is 12.8 Å². The molecule has 16 nitrogen and oxygen atoms in total. The van der Waals surface area contributed by atoms with Crippen molar-refractivity contribution in [2.75, 3.05) is 71.3 Å². The van der Waals surface area contributed by atoms with Crippen molar-refractivity contribution in [3.05, 3.63) is 68.3 Å². The predicted molar refractivity (Wildman–Crippen MR) is 251 cm³/mol. The molecule has 0 radical (unpaired) electrons. The summed E-state index contributed by atoms with van der Waals surface area (Å²) in [6.45, 7) is 6.11. The number of anilines is 8. The fraction of sp³-hybridized carbons (Fsp3) is 0.350. The van der Waals surface area contributed by atoms with Gasteiger partial charge in [-0.15, -0.1) is 0 Å². The predicted octanol–water partition coefficient (Wildman–Crippen LogP) is 8.74. The number of carbonyl (C=O) groups excluding carboxylic acids is 2. The Hall–Kier alpha value is -4.82. The maximum absolute atomic E-state index is 11.5. The van der Waals surface area contributed by atoms with E-state index < -0.39 is 0 Å². The Kier molecular flexibility index (Phi) is 16.9. The van der Waals surface area contributed by atoms with Crippen LogP contribution in [0.2, 0.25) is 0 Å². The summed E-state index contributed by atoms with van der Waals surface area (Å²) in [5, 5.41) is 15.1. The van der Waals surface area contributed by atoms with Crippen LogP contribution >= 0.6 is 47.8 Å². The number of H-pyrrole nitrogens is 2. The Bertz CT molecular complexity index is 2320. The molecule has 0 spiro atoms. The number of unbranched alkanes of at least 4 members (excludes halogenated alkanes) is 4. The summed E-state index contributed by atoms with van der Waals surface area (Å²) in [5.74, 6) is 2.45. The summed E-state index contributed by atoms with van der Waals surface area (Å²) in [7, 11) is 3.49. The summed E-state index contributed by atoms with van der Waals surface area (Å²) in [4.78, 5) is 51.1. The highest BCUT2D eigenvalue weighted by atomic mass is 79.9. The van der Waals surface area contributed by atoms with Crippen LogP contribution in [0.4, 0.5) is 46.3 Å². The van der Waals surface area contributed by atoms with Gasteiger partial charge in [-0.05, 0) is 135 Å². The zero-order valence-electron chi connectivity index (χ0n) is 33.6. The number of rotatable bonds is 18. The fourth-order valence-corrected chi connectivity index (χ4v) is 7.21. The molecule has 2 amide bonds. The summed E-state index contributed by atoms with van der Waals surface area (Å²) < 4.78 is 2.61. The number of amides is 2. The van der Waals surface area contributed by atoms with Gasteiger partial charge in [0.1, 0.15) is 22.9 Å². The van der Waals surface area contributed by atoms with Crippen LogP contribution in [0.1, 0.15) is 52.4 Å². The molecule has 314 valence electrons. The van der Waals surface area contributed by atoms with Gasteiger partial charge < -0.3 is 52.5 Å². The van der Waals surface area contributed by atoms with E-state index in [1.165, 1.54) is 13.8 Å². The molecule has 0 aliphatic carbocycles. The van der Waals surface area contributed by atoms with Crippen molar-refractivity contribution in [1.82, 2.24) is 29.9 Å². The SMILES string of the molecule is CC(=O)N(C)c1ccc(Nc2nc(NCCCCCN)c3c(Br)c(Br)[nH]c3n2)cc1.CC(=O)N(C)c1ccc(Nc2nc(NCCCCCN)c3c(Br)c[nH]c3n2)cc1. The lowest BCUT2D eigenvalue weighted by Gasteiger charge is -2.15. The molecule has 6 rings (SSSR count). The number of hydrogen-bond acceptors (Lipinski definition) is 12. The first-order valence-electron chi connectivity index (χ1n) is 19.3. The van der Waals surface area contributed by atoms with Crippen molar-refractivity contribution in [2.24, 2.45) is 11.5 Å². The van der Waals surface area contributed by atoms with Crippen LogP contribution in [-0.2, 0) is 9.59 Å². The maximum atomic E-state index is 11.5. The molecule has 19 heteroatoms. The van der Waals surface area contributed by atoms with Crippen molar-refractivity contribution < 1.29 is 9.59 Å². The van der Waals surface area contributed by atoms with Crippen LogP contribution in [0.25, 0.3) is 22.1 Å². The molecule has 6 aromatic rings. The van der Waals surface area contributed by atoms with Crippen LogP contribution < -0.4 is 42.5 Å². The molecule has 0 unspecified atom stereocenters. The molecule has 10 N–H and O–H groups in total. The monoisotopic (exact) mass is 996 g/mol. The quantitative estimate of drug-likeness (QED) is 0.0379. The number of fused-ring (bicyclic) bond motifs is 2. The van der Waals surface area contributed by atoms with Gasteiger partial charge in [0.15, 0.2) is 0 Å². The molecule has 0 fully saturated rings. The van der Waals surface area contributed by atoms with E-state index in [0.717, 1.165) is 123 Å². The number of hydrogen-bond donors (Lipinski definition) is 8. The Balaban J connectivity index is 0.000000224. The maximum Gasteiger partial charge on any atom is 0.231 e. The number of nitrogens with one attached hydrogen (secondary N) is 6. The molecular weight excluding hydrogens is 948 g/mol. The molecule has 4 aromatic heterocycles. The second-order valence-electron chi connectivity index (χ2n) is 13.7. The van der Waals surface area contributed by atoms with E-state index in [1.54, 1.807) is 23.9 Å². The standard InChI is InChI=1S/C20H25Br2N7O.C20H26BrN7O/c1-12(30)29(2)14-8-6-13(7-9-14)25-20-27-18(24-11-5-3-4-10-23)15-16(21)17(22)26-19(15)28-20;1-13(29)28(2)15-8-6-14(7-9-15)25-20-26-18(23-11-5-3-4-10-22)17-16(21)12-24-19(17)27-20/h6-9H,3-5,10-11,23H2,1-2H3,(H3,24,25,26,27,28);6-9,12H,3-5,10-11,22H2,1-2H3,(H3,23,24,25,26,27). The number of nitrogens with zero attached hydrogens (tertiary/aromatic N) is 6. The van der Waals surface area contributed by atoms with Crippen LogP contribution in [-0.4, -0.2) is 82.0 Å². The molecule has 0 bridgehead atoms. The normalized spacial score (nSPS) is 10.9. The van der Waals surface area contributed by atoms with Crippen molar-refractivity contribution in [2.45, 2.75) is 52.4 Å². The third-order valence-electron chi connectivity index (χ3n) is 9.35. The average Bonchev–Trinajstić information content (AvgIpc) is 3.74. The first-order chi connectivity index (χ1) is 28.4. The zero-order valence-corrected chi connectivity index (χ0v) is 38.3. The summed E-state index contributed by atoms with van der Waals surface area (Å²) in [6.07, 6.45) is 8.09. The molecule has 59 heavy (non-hydrogen) atoms. The minimum absolute atomic E-state index is 0.0148. The van der Waals surface area contributed by atoms with Crippen LogP contribution in [0.3, 0.4) is 0 Å². The van der Waals surface area contributed by atoms with Gasteiger partial charge in [-0.2, -0.15) is 19.9 Å². The van der Waals surface area contributed by atoms with Crippen molar-refractivity contribution in [3.8, 4) is 0 Å². The molecular formula is C40H51Br3N14O2. The van der Waals surface area contributed by atoms with E-state index in [9.17, 15) is 9.59 Å². The summed E-state index contributed by atoms with van der Waals surface area (Å²) >= 11 is 10.7. The topological polar surface area (TPSA) is 224 Å². The van der Waals surface area contributed by atoms with Crippen LogP contribution in [0, 0.1) is 0 Å². The minimum Gasteiger partial charge on any atom is -0.369 e. The lowest BCUT2D eigenvalue weighted by Crippen LogP contribution is -2.22. The molecule has 0 atom stereocenters. The molecule has 4 heterocycles. The van der Waals surface area contributed by atoms with Gasteiger partial charge in [0.2, 0.25) is 23.7 Å². The largest absolute Gasteiger partial charge is 0.369 e. The van der Waals surface area contributed by atoms with Crippen molar-refractivity contribution >= 4 is 128 Å². The highest BCUT2D eigenvalue weighted by Gasteiger charge is 2.17. The van der Waals surface area contributed by atoms with Gasteiger partial charge in [0.05, 0.1) is 19.8 Å². The number of aromatic nitrogens is 6. The highest BCUT2D eigenvalue weighted by molar-refractivity contribution is 9.13. The third-order valence-corrected chi connectivity index (χ3v) is 11.9. The Morgan fingerprint density at radius 1 is 0.644 bits per heavy atom. The smallest absolute Gasteiger partial charge is 0.231 e. The molecule has 0 saturated carbocycles. The van der Waals surface area contributed by atoms with Gasteiger partial charge in [0, 0.05) is 74.5 Å². The summed E-state index contributed by atoms with van der Waals surface area (Å²) in [5.41, 5.74) is 15.9. The van der Waals surface area contributed by atoms with E-state index in [4.69, 9.17) is 11.5 Å². The zero-order chi connectivity index (χ0) is 42.5. The van der Waals surface area contributed by atoms with E-state index in [1.807, 2.05) is 54.7 Å². The number of carbonyl (C=O) groups is 2. The lowest BCUT2D eigenvalue weighted by molar-refractivity contribution is -0.117. The lowest BCUT2D eigenvalue weighted by atomic mass is 10.2. The number of nitrogens with two attached hydrogens (primary N) is 2. The van der Waals surface area contributed by atoms with E-state index >= 15 is 0 Å². The van der Waals surface area contributed by atoms with Gasteiger partial charge in [0.25, 0.3) is 0 Å². The Morgan fingerprint density at radius 2 is 1.10 bits per heavy atom. The van der Waals surface area contributed by atoms with Crippen LogP contribution in [0.15, 0.2) is 68.3 Å². The van der Waals surface area contributed by atoms with E-state index in [-0.39, 0.29) is 11.8 Å². The Labute approximate surface area is 368 Å². The van der Waals surface area contributed by atoms with Crippen LogP contribution in [0.5, 0.6) is 0 Å². The second-order valence-corrected chi connectivity index (χ2v) is 16.1. The van der Waals surface area contributed by atoms with E-state index in [2.05, 4.69) is 99.0 Å². The molecule has 0 saturated heterocycles. The highest BCUT2D eigenvalue weighted by Crippen LogP contribution is 2.36. The first kappa shape index (κ1) is 45.3. The number of aromatic amines is 2. The number of halogens is 3. The van der Waals surface area contributed by atoms with Crippen molar-refractivity contribution in [3.63, 3.8) is 0 Å². The van der Waals surface area contributed by atoms with E-state index in [0.29, 0.717) is 24.1 Å². The van der Waals surface area contributed by atoms with Gasteiger partial charge >= 0.3 is 0 Å². The first-order valence-corrected chi connectivity index (χ1v) is 21.7. The molecule has 0 aliphatic heterocycles. The summed E-state index contributed by atoms with van der Waals surface area (Å²) in [6, 6.07) is 15.1. The van der Waals surface area contributed by atoms with Gasteiger partial charge in [-0.3, -0.25) is 9.59 Å². The van der Waals surface area contributed by atoms with Crippen molar-refractivity contribution in [1.29, 1.82) is 0 Å². The number of benzene rings is 2. The average molecular weight is 1000 g/mol. The van der Waals surface area contributed by atoms with Gasteiger partial charge in [-0.25, -0.2) is 0 Å². The fourth-order valence-electron chi connectivity index (χ4n) is 5.85. The Morgan fingerprint density at radius 3 is 1.56 bits per heavy atom.